The molecule has 0 N–H and O–H groups in total. The molecule has 2 heterocycles. The molecule has 46 heavy (non-hydrogen) atoms. The number of furan rings is 1. The molecule has 0 spiro atoms. The smallest absolute Gasteiger partial charge is 0.136 e. The first-order valence-electron chi connectivity index (χ1n) is 23.3. The van der Waals surface area contributed by atoms with Crippen molar-refractivity contribution in [3.05, 3.63) is 163 Å². The maximum absolute atomic E-state index is 9.33. The van der Waals surface area contributed by atoms with E-state index in [-0.39, 0.29) is 102 Å². The van der Waals surface area contributed by atoms with Crippen LogP contribution in [0, 0.1) is 6.92 Å². The van der Waals surface area contributed by atoms with Crippen LogP contribution in [0.25, 0.3) is 88.1 Å². The van der Waals surface area contributed by atoms with Crippen LogP contribution in [-0.4, -0.2) is 4.98 Å². The van der Waals surface area contributed by atoms with Crippen molar-refractivity contribution in [3.63, 3.8) is 0 Å². The van der Waals surface area contributed by atoms with Crippen molar-refractivity contribution in [2.45, 2.75) is 6.92 Å². The highest BCUT2D eigenvalue weighted by molar-refractivity contribution is 6.21. The van der Waals surface area contributed by atoms with Crippen molar-refractivity contribution in [2.24, 2.45) is 0 Å². The minimum atomic E-state index is -0.773. The molecule has 2 nitrogen and oxygen atoms in total. The van der Waals surface area contributed by atoms with Crippen molar-refractivity contribution in [3.8, 4) is 44.6 Å². The zero-order chi connectivity index (χ0) is 46.3. The Hall–Kier alpha value is -5.99. The number of hydrogen-bond donors (Lipinski definition) is 0. The molecule has 0 aliphatic rings. The Morgan fingerprint density at radius 1 is 0.522 bits per heavy atom. The molecule has 0 radical (unpaired) electrons. The van der Waals surface area contributed by atoms with E-state index >= 15 is 0 Å². The number of pyridine rings is 1. The van der Waals surface area contributed by atoms with Crippen LogP contribution in [0.3, 0.4) is 0 Å². The van der Waals surface area contributed by atoms with Gasteiger partial charge in [0.15, 0.2) is 0 Å². The molecule has 0 aliphatic heterocycles. The average Bonchev–Trinajstić information content (AvgIpc) is 3.70. The van der Waals surface area contributed by atoms with Gasteiger partial charge in [0.2, 0.25) is 0 Å². The molecule has 0 atom stereocenters. The van der Waals surface area contributed by atoms with Crippen LogP contribution in [0.15, 0.2) is 162 Å². The number of aromatic nitrogens is 1. The maximum atomic E-state index is 9.33. The minimum absolute atomic E-state index is 0.0799. The summed E-state index contributed by atoms with van der Waals surface area (Å²) >= 11 is 0. The molecule has 0 saturated carbocycles. The molecular formula is C44H29NO. The number of hydrogen-bond acceptors (Lipinski definition) is 2. The van der Waals surface area contributed by atoms with Gasteiger partial charge in [0.1, 0.15) is 11.2 Å². The summed E-state index contributed by atoms with van der Waals surface area (Å²) in [6, 6.07) is 0.497. The third-order valence-corrected chi connectivity index (χ3v) is 7.89. The van der Waals surface area contributed by atoms with Crippen molar-refractivity contribution in [1.82, 2.24) is 4.98 Å². The standard InChI is InChI=1S/C44H29NO/c1-28-18-24-39-37(27-28)44-40(46-39)25-23-32(43(44)38-17-9-10-26-45-38)29-19-21-31(22-20-29)42-35-15-7-5-13-33(35)41(30-11-3-2-4-12-30)34-14-6-8-16-36(34)42/h2-27H,1H3/i2D,3D,4D,5D,6D,7D,8D,11D,12D,13D,14D,15D,16D,18D,23D,24D,25D,27D. The Labute approximate surface area is 292 Å². The number of nitrogens with zero attached hydrogens (tertiary/aromatic N) is 1. The van der Waals surface area contributed by atoms with E-state index < -0.39 is 89.7 Å². The SMILES string of the molecule is [2H]c1c([2H])c([2H])c(-c2c3c([2H])c([2H])c([2H])c([2H])c3c(-c3ccc(-c4c([2H])c([2H])c5oc6c([2H])c([2H])c(C)c([2H])c6c5c4-c4ccccn4)cc3)c3c([2H])c([2H])c([2H])c([2H])c23)c([2H])c1[2H]. The largest absolute Gasteiger partial charge is 0.456 e. The summed E-state index contributed by atoms with van der Waals surface area (Å²) in [7, 11) is 0. The molecular weight excluding hydrogens is 558 g/mol. The molecule has 2 aromatic heterocycles. The lowest BCUT2D eigenvalue weighted by molar-refractivity contribution is 0.669. The lowest BCUT2D eigenvalue weighted by Gasteiger charge is -2.18. The molecule has 0 aliphatic carbocycles. The van der Waals surface area contributed by atoms with E-state index in [1.165, 1.54) is 25.3 Å². The molecule has 0 fully saturated rings. The van der Waals surface area contributed by atoms with Crippen LogP contribution in [0.2, 0.25) is 0 Å². The van der Waals surface area contributed by atoms with E-state index in [0.717, 1.165) is 0 Å². The van der Waals surface area contributed by atoms with E-state index in [0.29, 0.717) is 11.3 Å². The predicted octanol–water partition coefficient (Wildman–Crippen LogP) is 12.3. The summed E-state index contributed by atoms with van der Waals surface area (Å²) in [5, 5.41) is -0.843. The molecule has 0 unspecified atom stereocenters. The van der Waals surface area contributed by atoms with Crippen molar-refractivity contribution < 1.29 is 29.1 Å². The average molecular weight is 606 g/mol. The zero-order valence-corrected chi connectivity index (χ0v) is 24.0. The van der Waals surface area contributed by atoms with Crippen molar-refractivity contribution in [1.29, 1.82) is 0 Å². The van der Waals surface area contributed by atoms with E-state index in [1.54, 1.807) is 30.3 Å². The fraction of sp³-hybridized carbons (Fsp3) is 0.0227. The van der Waals surface area contributed by atoms with Crippen molar-refractivity contribution in [2.75, 3.05) is 0 Å². The van der Waals surface area contributed by atoms with Gasteiger partial charge < -0.3 is 4.42 Å². The summed E-state index contributed by atoms with van der Waals surface area (Å²) in [6.45, 7) is 1.53. The highest BCUT2D eigenvalue weighted by Gasteiger charge is 2.20. The van der Waals surface area contributed by atoms with Crippen LogP contribution in [-0.2, 0) is 0 Å². The Kier molecular flexibility index (Phi) is 3.21. The van der Waals surface area contributed by atoms with Crippen LogP contribution < -0.4 is 0 Å². The molecule has 0 bridgehead atoms. The van der Waals surface area contributed by atoms with Crippen LogP contribution in [0.5, 0.6) is 0 Å². The number of fused-ring (bicyclic) bond motifs is 5. The fourth-order valence-corrected chi connectivity index (χ4v) is 5.97. The second-order valence-corrected chi connectivity index (χ2v) is 10.6. The fourth-order valence-electron chi connectivity index (χ4n) is 5.97. The number of rotatable bonds is 4. The van der Waals surface area contributed by atoms with E-state index in [2.05, 4.69) is 4.98 Å². The van der Waals surface area contributed by atoms with Gasteiger partial charge in [-0.2, -0.15) is 0 Å². The molecule has 216 valence electrons. The second-order valence-electron chi connectivity index (χ2n) is 10.6. The second kappa shape index (κ2) is 10.6. The van der Waals surface area contributed by atoms with Gasteiger partial charge in [0.05, 0.1) is 30.4 Å². The summed E-state index contributed by atoms with van der Waals surface area (Å²) in [4.78, 5) is 4.56. The first kappa shape index (κ1) is 14.0. The van der Waals surface area contributed by atoms with Gasteiger partial charge in [-0.05, 0) is 98.2 Å². The normalized spacial score (nSPS) is 17.1. The molecule has 0 saturated heterocycles. The van der Waals surface area contributed by atoms with Gasteiger partial charge in [-0.1, -0.05) is 120 Å². The zero-order valence-electron chi connectivity index (χ0n) is 42.0. The number of benzene rings is 7. The molecule has 9 rings (SSSR count). The third kappa shape index (κ3) is 4.15. The van der Waals surface area contributed by atoms with E-state index in [9.17, 15) is 6.85 Å². The summed E-state index contributed by atoms with van der Waals surface area (Å²) in [5.41, 5.74) is 0.263. The van der Waals surface area contributed by atoms with Crippen molar-refractivity contribution >= 4 is 43.5 Å². The Balaban J connectivity index is 1.44. The van der Waals surface area contributed by atoms with Gasteiger partial charge in [-0.15, -0.1) is 0 Å². The monoisotopic (exact) mass is 605 g/mol. The van der Waals surface area contributed by atoms with Crippen LogP contribution >= 0.6 is 0 Å². The lowest BCUT2D eigenvalue weighted by atomic mass is 9.85. The quantitative estimate of drug-likeness (QED) is 0.187. The van der Waals surface area contributed by atoms with Crippen LogP contribution in [0.4, 0.5) is 0 Å². The topological polar surface area (TPSA) is 26.0 Å². The highest BCUT2D eigenvalue weighted by Crippen LogP contribution is 2.45. The predicted molar refractivity (Wildman–Crippen MR) is 193 cm³/mol. The minimum Gasteiger partial charge on any atom is -0.456 e. The van der Waals surface area contributed by atoms with Gasteiger partial charge >= 0.3 is 0 Å². The Morgan fingerprint density at radius 2 is 1.13 bits per heavy atom. The van der Waals surface area contributed by atoms with Crippen LogP contribution in [0.1, 0.15) is 30.2 Å². The maximum Gasteiger partial charge on any atom is 0.136 e. The highest BCUT2D eigenvalue weighted by atomic mass is 16.3. The van der Waals surface area contributed by atoms with Gasteiger partial charge in [-0.3, -0.25) is 4.98 Å². The first-order valence-corrected chi connectivity index (χ1v) is 14.3. The summed E-state index contributed by atoms with van der Waals surface area (Å²) in [6.07, 6.45) is 1.52. The molecule has 9 aromatic rings. The summed E-state index contributed by atoms with van der Waals surface area (Å²) in [5.74, 6) is 0. The molecule has 7 aromatic carbocycles. The molecule has 0 amide bonds. The van der Waals surface area contributed by atoms with Gasteiger partial charge in [-0.25, -0.2) is 0 Å². The third-order valence-electron chi connectivity index (χ3n) is 7.89. The summed E-state index contributed by atoms with van der Waals surface area (Å²) < 4.78 is 165. The van der Waals surface area contributed by atoms with Gasteiger partial charge in [0, 0.05) is 22.5 Å². The molecule has 2 heteroatoms. The Bertz CT molecular complexity index is 3480. The Morgan fingerprint density at radius 3 is 1.78 bits per heavy atom. The lowest BCUT2D eigenvalue weighted by Crippen LogP contribution is -1.92. The van der Waals surface area contributed by atoms with E-state index in [4.69, 9.17) is 22.2 Å². The van der Waals surface area contributed by atoms with Gasteiger partial charge in [0.25, 0.3) is 0 Å². The first-order chi connectivity index (χ1) is 30.2. The van der Waals surface area contributed by atoms with E-state index in [1.807, 2.05) is 0 Å².